The van der Waals surface area contributed by atoms with Crippen LogP contribution in [0.15, 0.2) is 69.0 Å². The second kappa shape index (κ2) is 7.79. The Morgan fingerprint density at radius 1 is 1.10 bits per heavy atom. The number of nitrogens with zero attached hydrogens (tertiary/aromatic N) is 3. The summed E-state index contributed by atoms with van der Waals surface area (Å²) in [6.45, 7) is 3.99. The molecule has 1 aromatic heterocycles. The van der Waals surface area contributed by atoms with E-state index in [1.54, 1.807) is 19.4 Å². The molecule has 0 bridgehead atoms. The van der Waals surface area contributed by atoms with E-state index >= 15 is 0 Å². The van der Waals surface area contributed by atoms with Gasteiger partial charge < -0.3 is 4.74 Å². The van der Waals surface area contributed by atoms with Crippen LogP contribution in [0, 0.1) is 0 Å². The first-order chi connectivity index (χ1) is 14.0. The van der Waals surface area contributed by atoms with Crippen LogP contribution in [0.5, 0.6) is 5.75 Å². The minimum Gasteiger partial charge on any atom is -0.496 e. The maximum atomic E-state index is 13.2. The highest BCUT2D eigenvalue weighted by Crippen LogP contribution is 2.26. The molecule has 0 spiro atoms. The minimum absolute atomic E-state index is 0.0299. The van der Waals surface area contributed by atoms with E-state index in [1.165, 1.54) is 4.68 Å². The molecule has 0 aliphatic rings. The lowest BCUT2D eigenvalue weighted by molar-refractivity contribution is 0.415. The fraction of sp³-hybridized carbons (Fsp3) is 0.174. The molecule has 0 aliphatic carbocycles. The Morgan fingerprint density at radius 3 is 2.66 bits per heavy atom. The van der Waals surface area contributed by atoms with Crippen molar-refractivity contribution < 1.29 is 4.74 Å². The van der Waals surface area contributed by atoms with E-state index in [0.717, 1.165) is 20.8 Å². The predicted octanol–water partition coefficient (Wildman–Crippen LogP) is 5.33. The Hall–Kier alpha value is -2.99. The lowest BCUT2D eigenvalue weighted by Crippen LogP contribution is -2.23. The van der Waals surface area contributed by atoms with Crippen LogP contribution in [0.2, 0.25) is 0 Å². The van der Waals surface area contributed by atoms with Gasteiger partial charge in [-0.05, 0) is 35.0 Å². The number of methoxy groups -OCH3 is 1. The molecule has 0 fully saturated rings. The molecule has 3 aromatic carbocycles. The molecule has 29 heavy (non-hydrogen) atoms. The first-order valence-electron chi connectivity index (χ1n) is 9.32. The van der Waals surface area contributed by atoms with Gasteiger partial charge in [0.1, 0.15) is 11.6 Å². The molecule has 0 unspecified atom stereocenters. The van der Waals surface area contributed by atoms with E-state index in [9.17, 15) is 4.79 Å². The van der Waals surface area contributed by atoms with Gasteiger partial charge in [0.25, 0.3) is 5.56 Å². The van der Waals surface area contributed by atoms with Crippen molar-refractivity contribution in [3.63, 3.8) is 0 Å². The van der Waals surface area contributed by atoms with Crippen molar-refractivity contribution in [2.45, 2.75) is 19.8 Å². The molecule has 0 saturated heterocycles. The van der Waals surface area contributed by atoms with Gasteiger partial charge in [0.05, 0.1) is 24.2 Å². The SMILES string of the molecule is COc1ccc2ccccc2c1C=Nn1c(C(C)C)nc2ccc(Br)cc2c1=O. The highest BCUT2D eigenvalue weighted by atomic mass is 79.9. The number of fused-ring (bicyclic) bond motifs is 2. The molecule has 0 saturated carbocycles. The number of aromatic nitrogens is 2. The van der Waals surface area contributed by atoms with Crippen molar-refractivity contribution in [2.75, 3.05) is 7.11 Å². The maximum absolute atomic E-state index is 13.2. The highest BCUT2D eigenvalue weighted by Gasteiger charge is 2.14. The van der Waals surface area contributed by atoms with Gasteiger partial charge in [-0.15, -0.1) is 0 Å². The van der Waals surface area contributed by atoms with Gasteiger partial charge in [0.15, 0.2) is 0 Å². The molecular weight excluding hydrogens is 430 g/mol. The van der Waals surface area contributed by atoms with E-state index in [2.05, 4.69) is 21.0 Å². The molecule has 5 nitrogen and oxygen atoms in total. The average molecular weight is 450 g/mol. The van der Waals surface area contributed by atoms with Gasteiger partial charge in [0.2, 0.25) is 0 Å². The van der Waals surface area contributed by atoms with Crippen LogP contribution in [0.3, 0.4) is 0 Å². The van der Waals surface area contributed by atoms with Crippen LogP contribution in [-0.2, 0) is 0 Å². The second-order valence-electron chi connectivity index (χ2n) is 7.05. The second-order valence-corrected chi connectivity index (χ2v) is 7.97. The molecule has 0 aliphatic heterocycles. The summed E-state index contributed by atoms with van der Waals surface area (Å²) < 4.78 is 7.75. The van der Waals surface area contributed by atoms with Crippen molar-refractivity contribution in [1.29, 1.82) is 0 Å². The third-order valence-corrected chi connectivity index (χ3v) is 5.30. The van der Waals surface area contributed by atoms with E-state index in [0.29, 0.717) is 22.5 Å². The summed E-state index contributed by atoms with van der Waals surface area (Å²) in [6, 6.07) is 17.4. The van der Waals surface area contributed by atoms with Gasteiger partial charge in [-0.2, -0.15) is 9.78 Å². The van der Waals surface area contributed by atoms with Gasteiger partial charge in [-0.3, -0.25) is 4.79 Å². The Bertz CT molecular complexity index is 1310. The topological polar surface area (TPSA) is 56.5 Å². The lowest BCUT2D eigenvalue weighted by atomic mass is 10.0. The molecule has 1 heterocycles. The first kappa shape index (κ1) is 19.3. The predicted molar refractivity (Wildman–Crippen MR) is 121 cm³/mol. The van der Waals surface area contributed by atoms with Crippen molar-refractivity contribution in [3.05, 3.63) is 80.8 Å². The van der Waals surface area contributed by atoms with Gasteiger partial charge in [-0.1, -0.05) is 60.1 Å². The maximum Gasteiger partial charge on any atom is 0.282 e. The van der Waals surface area contributed by atoms with Crippen molar-refractivity contribution >= 4 is 43.8 Å². The summed E-state index contributed by atoms with van der Waals surface area (Å²) in [5.74, 6) is 1.34. The quantitative estimate of drug-likeness (QED) is 0.395. The number of benzene rings is 3. The molecule has 4 rings (SSSR count). The number of hydrogen-bond acceptors (Lipinski definition) is 4. The molecule has 6 heteroatoms. The molecule has 0 amide bonds. The normalized spacial score (nSPS) is 11.8. The summed E-state index contributed by atoms with van der Waals surface area (Å²) in [5.41, 5.74) is 1.29. The largest absolute Gasteiger partial charge is 0.496 e. The van der Waals surface area contributed by atoms with Crippen molar-refractivity contribution in [2.24, 2.45) is 5.10 Å². The number of ether oxygens (including phenoxy) is 1. The van der Waals surface area contributed by atoms with Crippen LogP contribution < -0.4 is 10.3 Å². The van der Waals surface area contributed by atoms with E-state index in [4.69, 9.17) is 9.72 Å². The molecular formula is C23H20BrN3O2. The zero-order valence-corrected chi connectivity index (χ0v) is 18.0. The molecule has 146 valence electrons. The average Bonchev–Trinajstić information content (AvgIpc) is 2.73. The number of hydrogen-bond donors (Lipinski definition) is 0. The lowest BCUT2D eigenvalue weighted by Gasteiger charge is -2.13. The fourth-order valence-corrected chi connectivity index (χ4v) is 3.71. The van der Waals surface area contributed by atoms with E-state index in [-0.39, 0.29) is 11.5 Å². The van der Waals surface area contributed by atoms with Gasteiger partial charge in [-0.25, -0.2) is 4.98 Å². The fourth-order valence-electron chi connectivity index (χ4n) is 3.35. The van der Waals surface area contributed by atoms with Gasteiger partial charge in [0, 0.05) is 16.0 Å². The third kappa shape index (κ3) is 3.56. The number of halogens is 1. The van der Waals surface area contributed by atoms with Crippen LogP contribution in [-0.4, -0.2) is 23.0 Å². The summed E-state index contributed by atoms with van der Waals surface area (Å²) in [5, 5.41) is 7.16. The number of rotatable bonds is 4. The molecule has 4 aromatic rings. The minimum atomic E-state index is -0.199. The zero-order valence-electron chi connectivity index (χ0n) is 16.4. The van der Waals surface area contributed by atoms with Crippen LogP contribution in [0.1, 0.15) is 31.2 Å². The zero-order chi connectivity index (χ0) is 20.5. The summed E-state index contributed by atoms with van der Waals surface area (Å²) in [4.78, 5) is 17.9. The summed E-state index contributed by atoms with van der Waals surface area (Å²) >= 11 is 3.43. The van der Waals surface area contributed by atoms with Crippen LogP contribution in [0.4, 0.5) is 0 Å². The Labute approximate surface area is 176 Å². The smallest absolute Gasteiger partial charge is 0.282 e. The molecule has 0 radical (unpaired) electrons. The summed E-state index contributed by atoms with van der Waals surface area (Å²) in [6.07, 6.45) is 1.68. The Morgan fingerprint density at radius 2 is 1.90 bits per heavy atom. The van der Waals surface area contributed by atoms with Crippen LogP contribution >= 0.6 is 15.9 Å². The highest BCUT2D eigenvalue weighted by molar-refractivity contribution is 9.10. The third-order valence-electron chi connectivity index (χ3n) is 4.80. The van der Waals surface area contributed by atoms with E-state index in [1.807, 2.05) is 62.4 Å². The summed E-state index contributed by atoms with van der Waals surface area (Å²) in [7, 11) is 1.63. The molecule has 0 atom stereocenters. The van der Waals surface area contributed by atoms with Crippen molar-refractivity contribution in [3.8, 4) is 5.75 Å². The monoisotopic (exact) mass is 449 g/mol. The van der Waals surface area contributed by atoms with E-state index < -0.39 is 0 Å². The Balaban J connectivity index is 1.96. The molecule has 0 N–H and O–H groups in total. The van der Waals surface area contributed by atoms with Gasteiger partial charge >= 0.3 is 0 Å². The Kier molecular flexibility index (Phi) is 5.20. The van der Waals surface area contributed by atoms with Crippen molar-refractivity contribution in [1.82, 2.24) is 9.66 Å². The standard InChI is InChI=1S/C23H20BrN3O2/c1-14(2)22-26-20-10-9-16(24)12-18(20)23(28)27(22)25-13-19-17-7-5-4-6-15(17)8-11-21(19)29-3/h4-14H,1-3H3. The first-order valence-corrected chi connectivity index (χ1v) is 10.1. The van der Waals surface area contributed by atoms with Crippen LogP contribution in [0.25, 0.3) is 21.7 Å².